The molecule has 0 aliphatic carbocycles. The second kappa shape index (κ2) is 5.91. The lowest BCUT2D eigenvalue weighted by Crippen LogP contribution is -2.18. The maximum atomic E-state index is 13.4. The largest absolute Gasteiger partial charge is 0.305 e. The summed E-state index contributed by atoms with van der Waals surface area (Å²) in [4.78, 5) is 1.15. The molecule has 96 valence electrons. The predicted molar refractivity (Wildman–Crippen MR) is 73.6 cm³/mol. The van der Waals surface area contributed by atoms with Crippen LogP contribution in [-0.2, 0) is 6.54 Å². The van der Waals surface area contributed by atoms with E-state index in [1.54, 1.807) is 11.3 Å². The van der Waals surface area contributed by atoms with Crippen LogP contribution in [-0.4, -0.2) is 0 Å². The second-order valence-electron chi connectivity index (χ2n) is 4.01. The summed E-state index contributed by atoms with van der Waals surface area (Å²) in [6.45, 7) is 2.30. The molecule has 0 bridgehead atoms. The number of halogens is 3. The Morgan fingerprint density at radius 3 is 2.78 bits per heavy atom. The Kier molecular flexibility index (Phi) is 4.48. The number of thiophene rings is 1. The van der Waals surface area contributed by atoms with Crippen molar-refractivity contribution < 1.29 is 8.78 Å². The Bertz CT molecular complexity index is 542. The van der Waals surface area contributed by atoms with Gasteiger partial charge in [-0.2, -0.15) is 0 Å². The summed E-state index contributed by atoms with van der Waals surface area (Å²) in [5.74, 6) is -0.803. The number of hydrogen-bond acceptors (Lipinski definition) is 2. The summed E-state index contributed by atoms with van der Waals surface area (Å²) in [5.41, 5.74) is 0.345. The van der Waals surface area contributed by atoms with Gasteiger partial charge in [0.1, 0.15) is 11.6 Å². The maximum Gasteiger partial charge on any atom is 0.127 e. The first-order valence-electron chi connectivity index (χ1n) is 5.47. The van der Waals surface area contributed by atoms with Crippen LogP contribution in [0.25, 0.3) is 0 Å². The fraction of sp³-hybridized carbons (Fsp3) is 0.231. The van der Waals surface area contributed by atoms with Gasteiger partial charge in [0.15, 0.2) is 0 Å². The molecule has 5 heteroatoms. The van der Waals surface area contributed by atoms with E-state index in [0.29, 0.717) is 12.1 Å². The molecule has 1 atom stereocenters. The molecule has 2 rings (SSSR count). The van der Waals surface area contributed by atoms with Crippen LogP contribution in [0.15, 0.2) is 34.1 Å². The molecule has 2 aromatic rings. The van der Waals surface area contributed by atoms with Crippen LogP contribution < -0.4 is 5.32 Å². The Morgan fingerprint density at radius 1 is 1.33 bits per heavy atom. The highest BCUT2D eigenvalue weighted by molar-refractivity contribution is 9.10. The standard InChI is InChI=1S/C13H12BrF2NS/c1-8(13-5-10(14)7-18-13)17-6-9-4-11(15)2-3-12(9)16/h2-5,7-8,17H,6H2,1H3. The van der Waals surface area contributed by atoms with Crippen molar-refractivity contribution in [3.8, 4) is 0 Å². The average molecular weight is 332 g/mol. The summed E-state index contributed by atoms with van der Waals surface area (Å²) in [7, 11) is 0. The van der Waals surface area contributed by atoms with E-state index in [9.17, 15) is 8.78 Å². The lowest BCUT2D eigenvalue weighted by molar-refractivity contribution is 0.539. The molecule has 0 aliphatic heterocycles. The van der Waals surface area contributed by atoms with E-state index in [1.165, 1.54) is 6.07 Å². The Hall–Kier alpha value is -0.780. The Balaban J connectivity index is 2.01. The molecule has 0 spiro atoms. The van der Waals surface area contributed by atoms with Crippen LogP contribution in [0, 0.1) is 11.6 Å². The van der Waals surface area contributed by atoms with Crippen molar-refractivity contribution in [2.24, 2.45) is 0 Å². The molecule has 1 N–H and O–H groups in total. The number of rotatable bonds is 4. The van der Waals surface area contributed by atoms with Crippen LogP contribution >= 0.6 is 27.3 Å². The molecule has 1 aromatic heterocycles. The fourth-order valence-electron chi connectivity index (χ4n) is 1.60. The van der Waals surface area contributed by atoms with Crippen LogP contribution in [0.2, 0.25) is 0 Å². The quantitative estimate of drug-likeness (QED) is 0.860. The topological polar surface area (TPSA) is 12.0 Å². The summed E-state index contributed by atoms with van der Waals surface area (Å²) in [6.07, 6.45) is 0. The third-order valence-electron chi connectivity index (χ3n) is 2.62. The van der Waals surface area contributed by atoms with Crippen molar-refractivity contribution in [2.75, 3.05) is 0 Å². The van der Waals surface area contributed by atoms with Crippen LogP contribution in [0.5, 0.6) is 0 Å². The zero-order valence-electron chi connectivity index (χ0n) is 9.71. The van der Waals surface area contributed by atoms with E-state index < -0.39 is 5.82 Å². The van der Waals surface area contributed by atoms with E-state index >= 15 is 0 Å². The molecule has 1 aromatic carbocycles. The third-order valence-corrected chi connectivity index (χ3v) is 4.50. The molecule has 0 saturated heterocycles. The molecule has 1 heterocycles. The SMILES string of the molecule is CC(NCc1cc(F)ccc1F)c1cc(Br)cs1. The summed E-state index contributed by atoms with van der Waals surface area (Å²) < 4.78 is 27.4. The van der Waals surface area contributed by atoms with Gasteiger partial charge >= 0.3 is 0 Å². The van der Waals surface area contributed by atoms with Gasteiger partial charge < -0.3 is 5.32 Å². The van der Waals surface area contributed by atoms with Gasteiger partial charge in [-0.05, 0) is 47.1 Å². The first-order valence-corrected chi connectivity index (χ1v) is 7.15. The van der Waals surface area contributed by atoms with Crippen LogP contribution in [0.1, 0.15) is 23.4 Å². The molecule has 0 aliphatic rings. The molecular weight excluding hydrogens is 320 g/mol. The van der Waals surface area contributed by atoms with E-state index in [2.05, 4.69) is 21.2 Å². The molecule has 1 unspecified atom stereocenters. The third kappa shape index (κ3) is 3.37. The van der Waals surface area contributed by atoms with E-state index in [0.717, 1.165) is 21.5 Å². The maximum absolute atomic E-state index is 13.4. The van der Waals surface area contributed by atoms with Crippen LogP contribution in [0.3, 0.4) is 0 Å². The predicted octanol–water partition coefficient (Wildman–Crippen LogP) is 4.64. The minimum Gasteiger partial charge on any atom is -0.305 e. The molecule has 0 amide bonds. The van der Waals surface area contributed by atoms with Crippen molar-refractivity contribution >= 4 is 27.3 Å². The molecular formula is C13H12BrF2NS. The van der Waals surface area contributed by atoms with Crippen LogP contribution in [0.4, 0.5) is 8.78 Å². The van der Waals surface area contributed by atoms with Crippen molar-refractivity contribution in [3.05, 3.63) is 56.2 Å². The van der Waals surface area contributed by atoms with Gasteiger partial charge in [0.25, 0.3) is 0 Å². The van der Waals surface area contributed by atoms with Crippen molar-refractivity contribution in [1.82, 2.24) is 5.32 Å². The number of benzene rings is 1. The normalized spacial score (nSPS) is 12.7. The molecule has 18 heavy (non-hydrogen) atoms. The highest BCUT2D eigenvalue weighted by atomic mass is 79.9. The van der Waals surface area contributed by atoms with Gasteiger partial charge in [-0.1, -0.05) is 0 Å². The Labute approximate surface area is 117 Å². The second-order valence-corrected chi connectivity index (χ2v) is 5.86. The molecule has 1 nitrogen and oxygen atoms in total. The minimum absolute atomic E-state index is 0.101. The van der Waals surface area contributed by atoms with Crippen molar-refractivity contribution in [1.29, 1.82) is 0 Å². The highest BCUT2D eigenvalue weighted by Crippen LogP contribution is 2.25. The smallest absolute Gasteiger partial charge is 0.127 e. The molecule has 0 fully saturated rings. The lowest BCUT2D eigenvalue weighted by atomic mass is 10.2. The van der Waals surface area contributed by atoms with E-state index in [1.807, 2.05) is 18.4 Å². The van der Waals surface area contributed by atoms with Crippen molar-refractivity contribution in [3.63, 3.8) is 0 Å². The number of hydrogen-bond donors (Lipinski definition) is 1. The zero-order valence-corrected chi connectivity index (χ0v) is 12.1. The summed E-state index contributed by atoms with van der Waals surface area (Å²) in [6, 6.07) is 5.62. The Morgan fingerprint density at radius 2 is 2.11 bits per heavy atom. The van der Waals surface area contributed by atoms with E-state index in [-0.39, 0.29) is 11.9 Å². The van der Waals surface area contributed by atoms with Gasteiger partial charge in [0.2, 0.25) is 0 Å². The minimum atomic E-state index is -0.417. The lowest BCUT2D eigenvalue weighted by Gasteiger charge is -2.12. The van der Waals surface area contributed by atoms with Gasteiger partial charge in [-0.25, -0.2) is 8.78 Å². The van der Waals surface area contributed by atoms with Gasteiger partial charge in [0, 0.05) is 32.9 Å². The summed E-state index contributed by atoms with van der Waals surface area (Å²) in [5, 5.41) is 5.18. The average Bonchev–Trinajstić information content (AvgIpc) is 2.77. The molecule has 0 radical (unpaired) electrons. The van der Waals surface area contributed by atoms with Gasteiger partial charge in [0.05, 0.1) is 0 Å². The monoisotopic (exact) mass is 331 g/mol. The number of nitrogens with one attached hydrogen (secondary N) is 1. The zero-order chi connectivity index (χ0) is 13.1. The molecule has 0 saturated carbocycles. The van der Waals surface area contributed by atoms with Gasteiger partial charge in [-0.15, -0.1) is 11.3 Å². The first kappa shape index (κ1) is 13.6. The summed E-state index contributed by atoms with van der Waals surface area (Å²) >= 11 is 5.01. The van der Waals surface area contributed by atoms with Crippen molar-refractivity contribution in [2.45, 2.75) is 19.5 Å². The fourth-order valence-corrected chi connectivity index (χ4v) is 3.08. The van der Waals surface area contributed by atoms with E-state index in [4.69, 9.17) is 0 Å². The highest BCUT2D eigenvalue weighted by Gasteiger charge is 2.09. The first-order chi connectivity index (χ1) is 8.56. The van der Waals surface area contributed by atoms with Gasteiger partial charge in [-0.3, -0.25) is 0 Å².